The van der Waals surface area contributed by atoms with Crippen LogP contribution in [0.25, 0.3) is 10.1 Å². The van der Waals surface area contributed by atoms with Gasteiger partial charge in [-0.1, -0.05) is 43.0 Å². The summed E-state index contributed by atoms with van der Waals surface area (Å²) < 4.78 is 5.90. The first-order valence-corrected chi connectivity index (χ1v) is 11.1. The molecule has 5 heteroatoms. The molecular weight excluding hydrogens is 372 g/mol. The van der Waals surface area contributed by atoms with Gasteiger partial charge < -0.3 is 4.90 Å². The molecule has 0 radical (unpaired) electrons. The van der Waals surface area contributed by atoms with Gasteiger partial charge in [-0.2, -0.15) is 4.37 Å². The third-order valence-corrected chi connectivity index (χ3v) is 8.33. The van der Waals surface area contributed by atoms with E-state index in [1.165, 1.54) is 26.1 Å². The molecule has 0 unspecified atom stereocenters. The second kappa shape index (κ2) is 6.35. The summed E-state index contributed by atoms with van der Waals surface area (Å²) in [5, 5.41) is 2.34. The van der Waals surface area contributed by atoms with Crippen molar-refractivity contribution in [2.75, 3.05) is 7.05 Å². The zero-order chi connectivity index (χ0) is 18.6. The van der Waals surface area contributed by atoms with Gasteiger partial charge in [0.15, 0.2) is 0 Å². The fraction of sp³-hybridized carbons (Fsp3) is 0.364. The van der Waals surface area contributed by atoms with Crippen LogP contribution in [0.3, 0.4) is 0 Å². The lowest BCUT2D eigenvalue weighted by Crippen LogP contribution is -2.56. The first-order valence-electron chi connectivity index (χ1n) is 9.47. The molecule has 2 aromatic carbocycles. The highest BCUT2D eigenvalue weighted by atomic mass is 32.2. The number of likely N-dealkylation sites (tertiary alicyclic amines) is 1. The topological polar surface area (TPSA) is 33.2 Å². The van der Waals surface area contributed by atoms with E-state index in [0.717, 1.165) is 24.3 Å². The van der Waals surface area contributed by atoms with Crippen molar-refractivity contribution in [2.45, 2.75) is 54.0 Å². The number of hydrogen-bond donors (Lipinski definition) is 0. The molecule has 0 spiro atoms. The maximum Gasteiger partial charge on any atom is 0.222 e. The van der Waals surface area contributed by atoms with E-state index in [0.29, 0.717) is 18.4 Å². The third kappa shape index (κ3) is 2.71. The average molecular weight is 395 g/mol. The van der Waals surface area contributed by atoms with Gasteiger partial charge in [-0.05, 0) is 60.1 Å². The number of benzene rings is 2. The Morgan fingerprint density at radius 3 is 2.96 bits per heavy atom. The number of rotatable bonds is 2. The van der Waals surface area contributed by atoms with Crippen molar-refractivity contribution >= 4 is 39.3 Å². The molecule has 138 valence electrons. The summed E-state index contributed by atoms with van der Waals surface area (Å²) in [6.45, 7) is 2.35. The minimum atomic E-state index is 0.0762. The summed E-state index contributed by atoms with van der Waals surface area (Å²) in [5.74, 6) is 0.295. The van der Waals surface area contributed by atoms with Crippen molar-refractivity contribution in [2.24, 2.45) is 0 Å². The lowest BCUT2D eigenvalue weighted by atomic mass is 9.63. The van der Waals surface area contributed by atoms with Crippen molar-refractivity contribution in [3.05, 3.63) is 53.6 Å². The molecule has 3 nitrogen and oxygen atoms in total. The molecule has 0 bridgehead atoms. The van der Waals surface area contributed by atoms with Crippen LogP contribution in [-0.4, -0.2) is 28.3 Å². The van der Waals surface area contributed by atoms with E-state index in [4.69, 9.17) is 0 Å². The molecule has 27 heavy (non-hydrogen) atoms. The molecule has 2 heterocycles. The van der Waals surface area contributed by atoms with Gasteiger partial charge in [0, 0.05) is 35.2 Å². The van der Waals surface area contributed by atoms with Crippen molar-refractivity contribution in [3.8, 4) is 0 Å². The number of hydrogen-bond acceptors (Lipinski definition) is 4. The number of aromatic nitrogens is 1. The van der Waals surface area contributed by atoms with E-state index >= 15 is 0 Å². The quantitative estimate of drug-likeness (QED) is 0.593. The summed E-state index contributed by atoms with van der Waals surface area (Å²) in [5.41, 5.74) is 2.96. The standard InChI is InChI=1S/C22H22N2OS2/c1-22-12-11-20(25)24(2)19(22)10-7-14-13-15(8-9-17(14)22)26-21-16-5-3-4-6-18(16)27-23-21/h3-6,8-9,13,19H,7,10-12H2,1-2H3/t19-,22-/m1/s1. The van der Waals surface area contributed by atoms with Gasteiger partial charge in [0.2, 0.25) is 5.91 Å². The Balaban J connectivity index is 1.48. The summed E-state index contributed by atoms with van der Waals surface area (Å²) in [6, 6.07) is 15.7. The van der Waals surface area contributed by atoms with Crippen molar-refractivity contribution < 1.29 is 4.79 Å². The van der Waals surface area contributed by atoms with Crippen LogP contribution in [0.5, 0.6) is 0 Å². The number of carbonyl (C=O) groups is 1. The van der Waals surface area contributed by atoms with Crippen LogP contribution in [0, 0.1) is 0 Å². The second-order valence-electron chi connectivity index (χ2n) is 7.88. The van der Waals surface area contributed by atoms with Crippen LogP contribution in [0.15, 0.2) is 52.4 Å². The van der Waals surface area contributed by atoms with E-state index < -0.39 is 0 Å². The SMILES string of the molecule is CN1C(=O)CC[C@]2(C)c3ccc(Sc4nsc5ccccc45)cc3CC[C@@H]12. The van der Waals surface area contributed by atoms with Crippen molar-refractivity contribution in [1.82, 2.24) is 9.27 Å². The van der Waals surface area contributed by atoms with Crippen LogP contribution >= 0.6 is 23.3 Å². The third-order valence-electron chi connectivity index (χ3n) is 6.39. The lowest BCUT2D eigenvalue weighted by Gasteiger charge is -2.50. The van der Waals surface area contributed by atoms with Crippen LogP contribution < -0.4 is 0 Å². The Hall–Kier alpha value is -1.85. The predicted molar refractivity (Wildman–Crippen MR) is 112 cm³/mol. The van der Waals surface area contributed by atoms with E-state index in [2.05, 4.69) is 53.8 Å². The van der Waals surface area contributed by atoms with E-state index in [9.17, 15) is 4.79 Å². The normalized spacial score (nSPS) is 24.7. The fourth-order valence-electron chi connectivity index (χ4n) is 4.87. The molecule has 0 saturated carbocycles. The predicted octanol–water partition coefficient (Wildman–Crippen LogP) is 5.27. The Kier molecular flexibility index (Phi) is 4.06. The van der Waals surface area contributed by atoms with Gasteiger partial charge in [-0.3, -0.25) is 4.79 Å². The zero-order valence-corrected chi connectivity index (χ0v) is 17.2. The Labute approximate surface area is 167 Å². The molecule has 1 saturated heterocycles. The number of nitrogens with zero attached hydrogens (tertiary/aromatic N) is 2. The van der Waals surface area contributed by atoms with Crippen molar-refractivity contribution in [1.29, 1.82) is 0 Å². The van der Waals surface area contributed by atoms with E-state index in [1.54, 1.807) is 23.3 Å². The molecule has 1 amide bonds. The first-order chi connectivity index (χ1) is 13.1. The van der Waals surface area contributed by atoms with Gasteiger partial charge in [0.1, 0.15) is 5.03 Å². The number of likely N-dealkylation sites (N-methyl/N-ethyl adjacent to an activating group) is 1. The summed E-state index contributed by atoms with van der Waals surface area (Å²) in [4.78, 5) is 15.4. The summed E-state index contributed by atoms with van der Waals surface area (Å²) >= 11 is 3.33. The minimum absolute atomic E-state index is 0.0762. The van der Waals surface area contributed by atoms with E-state index in [1.807, 2.05) is 11.9 Å². The van der Waals surface area contributed by atoms with Crippen LogP contribution in [0.2, 0.25) is 0 Å². The molecule has 2 atom stereocenters. The minimum Gasteiger partial charge on any atom is -0.342 e. The van der Waals surface area contributed by atoms with Crippen molar-refractivity contribution in [3.63, 3.8) is 0 Å². The molecule has 1 aliphatic heterocycles. The Morgan fingerprint density at radius 1 is 1.22 bits per heavy atom. The maximum atomic E-state index is 12.2. The monoisotopic (exact) mass is 394 g/mol. The molecule has 5 rings (SSSR count). The Morgan fingerprint density at radius 2 is 2.07 bits per heavy atom. The van der Waals surface area contributed by atoms with Gasteiger partial charge in [-0.25, -0.2) is 0 Å². The smallest absolute Gasteiger partial charge is 0.222 e. The van der Waals surface area contributed by atoms with Gasteiger partial charge in [0.25, 0.3) is 0 Å². The van der Waals surface area contributed by atoms with Crippen LogP contribution in [0.4, 0.5) is 0 Å². The van der Waals surface area contributed by atoms with Crippen LogP contribution in [0.1, 0.15) is 37.3 Å². The lowest BCUT2D eigenvalue weighted by molar-refractivity contribution is -0.138. The van der Waals surface area contributed by atoms with Gasteiger partial charge in [-0.15, -0.1) is 0 Å². The highest BCUT2D eigenvalue weighted by Crippen LogP contribution is 2.47. The number of piperidine rings is 1. The Bertz CT molecular complexity index is 1040. The molecule has 0 N–H and O–H groups in total. The highest BCUT2D eigenvalue weighted by molar-refractivity contribution is 7.99. The van der Waals surface area contributed by atoms with Gasteiger partial charge in [0.05, 0.1) is 4.70 Å². The summed E-state index contributed by atoms with van der Waals surface area (Å²) in [7, 11) is 1.98. The highest BCUT2D eigenvalue weighted by Gasteiger charge is 2.46. The molecular formula is C22H22N2OS2. The number of aryl methyl sites for hydroxylation is 1. The zero-order valence-electron chi connectivity index (χ0n) is 15.6. The molecule has 3 aromatic rings. The van der Waals surface area contributed by atoms with Crippen LogP contribution in [-0.2, 0) is 16.6 Å². The molecule has 1 fully saturated rings. The first kappa shape index (κ1) is 17.3. The molecule has 1 aliphatic carbocycles. The number of amides is 1. The summed E-state index contributed by atoms with van der Waals surface area (Å²) in [6.07, 6.45) is 3.71. The average Bonchev–Trinajstić information content (AvgIpc) is 3.08. The molecule has 1 aromatic heterocycles. The maximum absolute atomic E-state index is 12.2. The number of fused-ring (bicyclic) bond motifs is 4. The number of carbonyl (C=O) groups excluding carboxylic acids is 1. The second-order valence-corrected chi connectivity index (χ2v) is 9.75. The van der Waals surface area contributed by atoms with E-state index in [-0.39, 0.29) is 5.41 Å². The fourth-order valence-corrected chi connectivity index (χ4v) is 6.73. The molecule has 2 aliphatic rings. The van der Waals surface area contributed by atoms with Gasteiger partial charge >= 0.3 is 0 Å². The largest absolute Gasteiger partial charge is 0.342 e.